The van der Waals surface area contributed by atoms with Crippen molar-refractivity contribution in [1.29, 1.82) is 0 Å². The van der Waals surface area contributed by atoms with Crippen molar-refractivity contribution in [1.82, 2.24) is 4.98 Å². The van der Waals surface area contributed by atoms with Gasteiger partial charge < -0.3 is 10.4 Å². The normalized spacial score (nSPS) is 10.2. The van der Waals surface area contributed by atoms with E-state index in [2.05, 4.69) is 10.3 Å². The number of carboxylic acids is 1. The number of aromatic nitrogens is 1. The molecule has 0 spiro atoms. The summed E-state index contributed by atoms with van der Waals surface area (Å²) in [6, 6.07) is 5.94. The van der Waals surface area contributed by atoms with Crippen molar-refractivity contribution in [3.8, 4) is 0 Å². The SMILES string of the molecule is Cc1cccc(Nc2nc(C(=O)O)cs2)c1C. The average molecular weight is 248 g/mol. The number of carboxylic acid groups (broad SMARTS) is 1. The lowest BCUT2D eigenvalue weighted by atomic mass is 10.1. The van der Waals surface area contributed by atoms with Gasteiger partial charge in [0.05, 0.1) is 0 Å². The van der Waals surface area contributed by atoms with Crippen molar-refractivity contribution in [2.75, 3.05) is 5.32 Å². The molecule has 0 radical (unpaired) electrons. The van der Waals surface area contributed by atoms with Crippen LogP contribution in [0.25, 0.3) is 0 Å². The first-order chi connectivity index (χ1) is 8.08. The lowest BCUT2D eigenvalue weighted by molar-refractivity contribution is 0.0691. The maximum atomic E-state index is 10.7. The molecule has 5 heteroatoms. The number of thiazole rings is 1. The van der Waals surface area contributed by atoms with Crippen LogP contribution in [0.1, 0.15) is 21.6 Å². The first-order valence-corrected chi connectivity index (χ1v) is 5.98. The Morgan fingerprint density at radius 2 is 2.18 bits per heavy atom. The molecular formula is C12H12N2O2S. The van der Waals surface area contributed by atoms with Gasteiger partial charge in [-0.1, -0.05) is 12.1 Å². The summed E-state index contributed by atoms with van der Waals surface area (Å²) in [5.74, 6) is -1.00. The second-order valence-corrected chi connectivity index (χ2v) is 4.57. The van der Waals surface area contributed by atoms with Crippen LogP contribution in [0.5, 0.6) is 0 Å². The Hall–Kier alpha value is -1.88. The fraction of sp³-hybridized carbons (Fsp3) is 0.167. The van der Waals surface area contributed by atoms with Crippen molar-refractivity contribution in [3.05, 3.63) is 40.4 Å². The Bertz CT molecular complexity index is 563. The predicted molar refractivity (Wildman–Crippen MR) is 68.3 cm³/mol. The number of hydrogen-bond acceptors (Lipinski definition) is 4. The molecule has 88 valence electrons. The van der Waals surface area contributed by atoms with E-state index in [1.165, 1.54) is 22.3 Å². The van der Waals surface area contributed by atoms with E-state index < -0.39 is 5.97 Å². The van der Waals surface area contributed by atoms with Crippen molar-refractivity contribution in [3.63, 3.8) is 0 Å². The smallest absolute Gasteiger partial charge is 0.355 e. The molecule has 2 rings (SSSR count). The van der Waals surface area contributed by atoms with Crippen LogP contribution in [0.2, 0.25) is 0 Å². The van der Waals surface area contributed by atoms with E-state index in [0.29, 0.717) is 5.13 Å². The number of aryl methyl sites for hydroxylation is 1. The minimum absolute atomic E-state index is 0.0720. The monoisotopic (exact) mass is 248 g/mol. The highest BCUT2D eigenvalue weighted by Crippen LogP contribution is 2.25. The fourth-order valence-corrected chi connectivity index (χ4v) is 2.13. The fourth-order valence-electron chi connectivity index (χ4n) is 1.43. The zero-order chi connectivity index (χ0) is 12.4. The maximum absolute atomic E-state index is 10.7. The number of nitrogens with zero attached hydrogens (tertiary/aromatic N) is 1. The van der Waals surface area contributed by atoms with Crippen LogP contribution >= 0.6 is 11.3 Å². The molecule has 1 heterocycles. The average Bonchev–Trinajstić information content (AvgIpc) is 2.73. The molecule has 1 aromatic heterocycles. The van der Waals surface area contributed by atoms with E-state index >= 15 is 0 Å². The molecule has 1 aromatic carbocycles. The highest BCUT2D eigenvalue weighted by Gasteiger charge is 2.09. The van der Waals surface area contributed by atoms with Gasteiger partial charge in [-0.25, -0.2) is 9.78 Å². The lowest BCUT2D eigenvalue weighted by Crippen LogP contribution is -1.98. The molecule has 4 nitrogen and oxygen atoms in total. The van der Waals surface area contributed by atoms with Gasteiger partial charge in [-0.3, -0.25) is 0 Å². The summed E-state index contributed by atoms with van der Waals surface area (Å²) in [6.45, 7) is 4.05. The van der Waals surface area contributed by atoms with Gasteiger partial charge in [-0.05, 0) is 31.0 Å². The molecule has 0 atom stereocenters. The maximum Gasteiger partial charge on any atom is 0.355 e. The van der Waals surface area contributed by atoms with Crippen LogP contribution < -0.4 is 5.32 Å². The Morgan fingerprint density at radius 3 is 2.82 bits per heavy atom. The quantitative estimate of drug-likeness (QED) is 0.875. The molecule has 0 aliphatic rings. The highest BCUT2D eigenvalue weighted by atomic mass is 32.1. The minimum atomic E-state index is -1.00. The summed E-state index contributed by atoms with van der Waals surface area (Å²) in [4.78, 5) is 14.7. The predicted octanol–water partition coefficient (Wildman–Crippen LogP) is 3.20. The first kappa shape index (κ1) is 11.6. The Balaban J connectivity index is 2.25. The molecule has 0 saturated heterocycles. The van der Waals surface area contributed by atoms with Gasteiger partial charge in [0.2, 0.25) is 0 Å². The van der Waals surface area contributed by atoms with Gasteiger partial charge >= 0.3 is 5.97 Å². The van der Waals surface area contributed by atoms with Crippen molar-refractivity contribution in [2.45, 2.75) is 13.8 Å². The van der Waals surface area contributed by atoms with E-state index in [4.69, 9.17) is 5.11 Å². The van der Waals surface area contributed by atoms with Gasteiger partial charge in [0.1, 0.15) is 0 Å². The number of anilines is 2. The van der Waals surface area contributed by atoms with Gasteiger partial charge in [0.25, 0.3) is 0 Å². The molecular weight excluding hydrogens is 236 g/mol. The Labute approximate surface area is 103 Å². The third kappa shape index (κ3) is 2.45. The molecule has 0 aliphatic carbocycles. The van der Waals surface area contributed by atoms with Crippen molar-refractivity contribution >= 4 is 28.1 Å². The second-order valence-electron chi connectivity index (χ2n) is 3.72. The van der Waals surface area contributed by atoms with Crippen molar-refractivity contribution < 1.29 is 9.90 Å². The molecule has 0 aliphatic heterocycles. The molecule has 0 saturated carbocycles. The van der Waals surface area contributed by atoms with Crippen LogP contribution in [-0.2, 0) is 0 Å². The third-order valence-corrected chi connectivity index (χ3v) is 3.33. The molecule has 2 aromatic rings. The number of rotatable bonds is 3. The molecule has 2 N–H and O–H groups in total. The number of hydrogen-bond donors (Lipinski definition) is 2. The van der Waals surface area contributed by atoms with Crippen LogP contribution in [0.3, 0.4) is 0 Å². The minimum Gasteiger partial charge on any atom is -0.476 e. The number of aromatic carboxylic acids is 1. The third-order valence-electron chi connectivity index (χ3n) is 2.57. The van der Waals surface area contributed by atoms with Crippen LogP contribution in [0.4, 0.5) is 10.8 Å². The topological polar surface area (TPSA) is 62.2 Å². The summed E-state index contributed by atoms with van der Waals surface area (Å²) in [5.41, 5.74) is 3.35. The molecule has 17 heavy (non-hydrogen) atoms. The number of benzene rings is 1. The molecule has 0 unspecified atom stereocenters. The summed E-state index contributed by atoms with van der Waals surface area (Å²) >= 11 is 1.28. The number of carbonyl (C=O) groups is 1. The van der Waals surface area contributed by atoms with Gasteiger partial charge in [0, 0.05) is 11.1 Å². The van der Waals surface area contributed by atoms with Gasteiger partial charge in [-0.15, -0.1) is 11.3 Å². The molecule has 0 fully saturated rings. The summed E-state index contributed by atoms with van der Waals surface area (Å²) < 4.78 is 0. The van der Waals surface area contributed by atoms with Gasteiger partial charge in [0.15, 0.2) is 10.8 Å². The zero-order valence-corrected chi connectivity index (χ0v) is 10.3. The summed E-state index contributed by atoms with van der Waals surface area (Å²) in [7, 11) is 0. The largest absolute Gasteiger partial charge is 0.476 e. The zero-order valence-electron chi connectivity index (χ0n) is 9.52. The standard InChI is InChI=1S/C12H12N2O2S/c1-7-4-3-5-9(8(7)2)13-12-14-10(6-17-12)11(15)16/h3-6H,1-2H3,(H,13,14)(H,15,16). The van der Waals surface area contributed by atoms with Crippen LogP contribution in [-0.4, -0.2) is 16.1 Å². The van der Waals surface area contributed by atoms with Crippen molar-refractivity contribution in [2.24, 2.45) is 0 Å². The van der Waals surface area contributed by atoms with Crippen LogP contribution in [0.15, 0.2) is 23.6 Å². The Morgan fingerprint density at radius 1 is 1.41 bits per heavy atom. The first-order valence-electron chi connectivity index (χ1n) is 5.10. The highest BCUT2D eigenvalue weighted by molar-refractivity contribution is 7.14. The second kappa shape index (κ2) is 4.55. The summed E-state index contributed by atoms with van der Waals surface area (Å²) in [6.07, 6.45) is 0. The van der Waals surface area contributed by atoms with Crippen LogP contribution in [0, 0.1) is 13.8 Å². The summed E-state index contributed by atoms with van der Waals surface area (Å²) in [5, 5.41) is 14.0. The lowest BCUT2D eigenvalue weighted by Gasteiger charge is -2.08. The van der Waals surface area contributed by atoms with E-state index in [1.807, 2.05) is 32.0 Å². The molecule has 0 amide bonds. The van der Waals surface area contributed by atoms with Gasteiger partial charge in [-0.2, -0.15) is 0 Å². The molecule has 0 bridgehead atoms. The van der Waals surface area contributed by atoms with E-state index in [0.717, 1.165) is 11.3 Å². The van der Waals surface area contributed by atoms with E-state index in [9.17, 15) is 4.79 Å². The Kier molecular flexibility index (Phi) is 3.10. The number of nitrogens with one attached hydrogen (secondary N) is 1. The van der Waals surface area contributed by atoms with E-state index in [1.54, 1.807) is 0 Å². The van der Waals surface area contributed by atoms with E-state index in [-0.39, 0.29) is 5.69 Å².